The van der Waals surface area contributed by atoms with Gasteiger partial charge in [0.15, 0.2) is 0 Å². The standard InChI is InChI=1S/2C5H5.2V/c2*1-2-4-5-3-1;;/h2*1-5H;;/q2*-1;;+2. The van der Waals surface area contributed by atoms with Crippen molar-refractivity contribution in [3.63, 3.8) is 0 Å². The smallest absolute Gasteiger partial charge is 0.214 e. The van der Waals surface area contributed by atoms with Gasteiger partial charge in [0.05, 0.1) is 0 Å². The molecule has 0 aliphatic heterocycles. The zero-order valence-electron chi connectivity index (χ0n) is 6.67. The van der Waals surface area contributed by atoms with Crippen LogP contribution in [0.5, 0.6) is 0 Å². The first kappa shape index (κ1) is 14.4. The maximum atomic E-state index is 2.00. The average Bonchev–Trinajstić information content (AvgIpc) is 2.67. The van der Waals surface area contributed by atoms with Crippen LogP contribution >= 0.6 is 0 Å². The van der Waals surface area contributed by atoms with Gasteiger partial charge in [-0.3, -0.25) is 0 Å². The first-order chi connectivity index (χ1) is 5.00. The van der Waals surface area contributed by atoms with Gasteiger partial charge in [-0.15, -0.1) is 0 Å². The van der Waals surface area contributed by atoms with Gasteiger partial charge in [-0.25, -0.2) is 24.3 Å². The summed E-state index contributed by atoms with van der Waals surface area (Å²) in [7, 11) is 0. The molecule has 0 unspecified atom stereocenters. The topological polar surface area (TPSA) is 0 Å². The Kier molecular flexibility index (Phi) is 13.0. The van der Waals surface area contributed by atoms with Crippen LogP contribution in [0.15, 0.2) is 60.7 Å². The molecule has 0 N–H and O–H groups in total. The van der Waals surface area contributed by atoms with Gasteiger partial charge in [0.25, 0.3) is 0 Å². The second-order valence-corrected chi connectivity index (χ2v) is 1.92. The second-order valence-electron chi connectivity index (χ2n) is 1.92. The van der Waals surface area contributed by atoms with Gasteiger partial charge in [0.2, 0.25) is 0 Å². The van der Waals surface area contributed by atoms with Crippen molar-refractivity contribution >= 4 is 0 Å². The summed E-state index contributed by atoms with van der Waals surface area (Å²) in [4.78, 5) is 0. The molecule has 2 radical (unpaired) electrons. The molecule has 0 saturated carbocycles. The van der Waals surface area contributed by atoms with Gasteiger partial charge in [-0.05, 0) is 0 Å². The summed E-state index contributed by atoms with van der Waals surface area (Å²) in [6.07, 6.45) is 0. The Balaban J connectivity index is 0. The van der Waals surface area contributed by atoms with Crippen LogP contribution in [-0.4, -0.2) is 0 Å². The first-order valence-electron chi connectivity index (χ1n) is 3.33. The molecule has 0 atom stereocenters. The van der Waals surface area contributed by atoms with E-state index in [-0.39, 0.29) is 37.1 Å². The van der Waals surface area contributed by atoms with E-state index in [9.17, 15) is 0 Å². The Labute approximate surface area is 97.5 Å². The molecule has 12 heavy (non-hydrogen) atoms. The van der Waals surface area contributed by atoms with Gasteiger partial charge < -0.3 is 0 Å². The van der Waals surface area contributed by atoms with Crippen LogP contribution in [0, 0.1) is 0 Å². The summed E-state index contributed by atoms with van der Waals surface area (Å²) in [6, 6.07) is 20.0. The van der Waals surface area contributed by atoms with Crippen LogP contribution in [0.2, 0.25) is 0 Å². The van der Waals surface area contributed by atoms with E-state index < -0.39 is 0 Å². The first-order valence-corrected chi connectivity index (χ1v) is 3.33. The van der Waals surface area contributed by atoms with Crippen molar-refractivity contribution < 1.29 is 37.1 Å². The summed E-state index contributed by atoms with van der Waals surface area (Å²) >= 11 is 0. The van der Waals surface area contributed by atoms with Crippen LogP contribution in [0.25, 0.3) is 0 Å². The van der Waals surface area contributed by atoms with E-state index in [2.05, 4.69) is 0 Å². The third-order valence-corrected chi connectivity index (χ3v) is 1.11. The average molecular weight is 232 g/mol. The normalized spacial score (nSPS) is 6.67. The molecule has 0 aliphatic carbocycles. The van der Waals surface area contributed by atoms with Crippen LogP contribution in [-0.2, 0) is 37.1 Å². The van der Waals surface area contributed by atoms with Crippen LogP contribution in [0.3, 0.4) is 0 Å². The molecule has 0 nitrogen and oxygen atoms in total. The van der Waals surface area contributed by atoms with E-state index >= 15 is 0 Å². The number of hydrogen-bond acceptors (Lipinski definition) is 0. The fourth-order valence-corrected chi connectivity index (χ4v) is 0.642. The van der Waals surface area contributed by atoms with Gasteiger partial charge >= 0.3 is 18.6 Å². The molecule has 0 fully saturated rings. The number of rotatable bonds is 0. The molecule has 0 saturated heterocycles. The summed E-state index contributed by atoms with van der Waals surface area (Å²) in [5, 5.41) is 0. The maximum Gasteiger partial charge on any atom is 2.00 e. The zero-order valence-corrected chi connectivity index (χ0v) is 9.46. The van der Waals surface area contributed by atoms with E-state index in [4.69, 9.17) is 0 Å². The molecule has 0 spiro atoms. The SMILES string of the molecule is [V+2].[V].c1cc[cH-]c1.c1cc[cH-]c1. The molecule has 0 aromatic heterocycles. The molecular formula is C10H10V2. The third-order valence-electron chi connectivity index (χ3n) is 1.11. The molecule has 2 rings (SSSR count). The van der Waals surface area contributed by atoms with E-state index in [0.717, 1.165) is 0 Å². The Bertz CT molecular complexity index is 147. The Morgan fingerprint density at radius 1 is 0.583 bits per heavy atom. The largest absolute Gasteiger partial charge is 2.00 e. The van der Waals surface area contributed by atoms with Crippen molar-refractivity contribution in [1.29, 1.82) is 0 Å². The van der Waals surface area contributed by atoms with E-state index in [0.29, 0.717) is 0 Å². The summed E-state index contributed by atoms with van der Waals surface area (Å²) in [5.41, 5.74) is 0. The fourth-order valence-electron chi connectivity index (χ4n) is 0.642. The molecule has 60 valence electrons. The minimum Gasteiger partial charge on any atom is -0.214 e. The van der Waals surface area contributed by atoms with Gasteiger partial charge in [-0.1, -0.05) is 0 Å². The molecule has 2 heteroatoms. The summed E-state index contributed by atoms with van der Waals surface area (Å²) in [6.45, 7) is 0. The van der Waals surface area contributed by atoms with Crippen molar-refractivity contribution in [2.45, 2.75) is 0 Å². The molecule has 0 heterocycles. The van der Waals surface area contributed by atoms with E-state index in [1.54, 1.807) is 0 Å². The Morgan fingerprint density at radius 2 is 0.833 bits per heavy atom. The number of hydrogen-bond donors (Lipinski definition) is 0. The van der Waals surface area contributed by atoms with Gasteiger partial charge in [0.1, 0.15) is 0 Å². The molecule has 0 bridgehead atoms. The van der Waals surface area contributed by atoms with Crippen molar-refractivity contribution in [2.24, 2.45) is 0 Å². The molecule has 0 amide bonds. The van der Waals surface area contributed by atoms with Gasteiger partial charge in [-0.2, -0.15) is 36.4 Å². The fraction of sp³-hybridized carbons (Fsp3) is 0. The zero-order chi connectivity index (χ0) is 7.07. The summed E-state index contributed by atoms with van der Waals surface area (Å²) < 4.78 is 0. The van der Waals surface area contributed by atoms with Crippen molar-refractivity contribution in [2.75, 3.05) is 0 Å². The molecule has 0 aliphatic rings. The van der Waals surface area contributed by atoms with Crippen LogP contribution < -0.4 is 0 Å². The predicted molar refractivity (Wildman–Crippen MR) is 44.1 cm³/mol. The maximum absolute atomic E-state index is 2.00. The van der Waals surface area contributed by atoms with Gasteiger partial charge in [0, 0.05) is 18.6 Å². The van der Waals surface area contributed by atoms with Crippen LogP contribution in [0.1, 0.15) is 0 Å². The minimum absolute atomic E-state index is 0. The predicted octanol–water partition coefficient (Wildman–Crippen LogP) is 2.81. The monoisotopic (exact) mass is 232 g/mol. The minimum atomic E-state index is 0. The van der Waals surface area contributed by atoms with E-state index in [1.807, 2.05) is 60.7 Å². The molecule has 2 aromatic carbocycles. The molecular weight excluding hydrogens is 222 g/mol. The molecule has 2 aromatic rings. The Morgan fingerprint density at radius 3 is 0.917 bits per heavy atom. The van der Waals surface area contributed by atoms with E-state index in [1.165, 1.54) is 0 Å². The van der Waals surface area contributed by atoms with Crippen LogP contribution in [0.4, 0.5) is 0 Å². The van der Waals surface area contributed by atoms with Crippen molar-refractivity contribution in [3.05, 3.63) is 60.7 Å². The third kappa shape index (κ3) is 7.97. The summed E-state index contributed by atoms with van der Waals surface area (Å²) in [5.74, 6) is 0. The van der Waals surface area contributed by atoms with Crippen molar-refractivity contribution in [3.8, 4) is 0 Å². The quantitative estimate of drug-likeness (QED) is 0.612. The van der Waals surface area contributed by atoms with Crippen molar-refractivity contribution in [1.82, 2.24) is 0 Å². The Hall–Kier alpha value is -0.131. The second kappa shape index (κ2) is 10.9.